The molecule has 2 unspecified atom stereocenters. The van der Waals surface area contributed by atoms with Gasteiger partial charge in [-0.1, -0.05) is 0 Å². The minimum absolute atomic E-state index is 0.157. The molecule has 0 aromatic heterocycles. The van der Waals surface area contributed by atoms with Crippen molar-refractivity contribution < 1.29 is 9.84 Å². The van der Waals surface area contributed by atoms with Crippen molar-refractivity contribution in [3.8, 4) is 0 Å². The average Bonchev–Trinajstić information content (AvgIpc) is 2.06. The molecule has 2 atom stereocenters. The molecule has 1 rings (SSSR count). The molecule has 1 N–H and O–H groups in total. The summed E-state index contributed by atoms with van der Waals surface area (Å²) in [5.74, 6) is 0. The smallest absolute Gasteiger partial charge is 0.117 e. The molecule has 0 radical (unpaired) electrons. The molecule has 1 aliphatic heterocycles. The third-order valence-electron chi connectivity index (χ3n) is 2.08. The van der Waals surface area contributed by atoms with Crippen LogP contribution in [0.5, 0.6) is 0 Å². The van der Waals surface area contributed by atoms with E-state index < -0.39 is 0 Å². The van der Waals surface area contributed by atoms with Gasteiger partial charge >= 0.3 is 0 Å². The number of hydrogen-bond donors (Lipinski definition) is 1. The van der Waals surface area contributed by atoms with Gasteiger partial charge in [0, 0.05) is 0 Å². The Labute approximate surface area is 73.5 Å². The second-order valence-corrected chi connectivity index (χ2v) is 3.21. The Morgan fingerprint density at radius 2 is 2.50 bits per heavy atom. The van der Waals surface area contributed by atoms with Gasteiger partial charge in [-0.15, -0.1) is 0 Å². The fourth-order valence-corrected chi connectivity index (χ4v) is 1.11. The molecule has 0 aromatic carbocycles. The SMILES string of the molecule is C/C(=C\C1CCC=CO1)C(C)O. The Morgan fingerprint density at radius 3 is 3.00 bits per heavy atom. The summed E-state index contributed by atoms with van der Waals surface area (Å²) in [6, 6.07) is 0. The van der Waals surface area contributed by atoms with Gasteiger partial charge in [0.25, 0.3) is 0 Å². The molecule has 0 bridgehead atoms. The van der Waals surface area contributed by atoms with Crippen LogP contribution < -0.4 is 0 Å². The van der Waals surface area contributed by atoms with E-state index in [9.17, 15) is 5.11 Å². The summed E-state index contributed by atoms with van der Waals surface area (Å²) in [5, 5.41) is 9.21. The van der Waals surface area contributed by atoms with Crippen LogP contribution in [-0.4, -0.2) is 17.3 Å². The standard InChI is InChI=1S/C10H16O2/c1-8(9(2)11)7-10-5-3-4-6-12-10/h4,6-7,9-11H,3,5H2,1-2H3/b8-7+. The number of aliphatic hydroxyl groups excluding tert-OH is 1. The molecule has 2 nitrogen and oxygen atoms in total. The molecule has 68 valence electrons. The molecular formula is C10H16O2. The van der Waals surface area contributed by atoms with Crippen molar-refractivity contribution >= 4 is 0 Å². The fourth-order valence-electron chi connectivity index (χ4n) is 1.11. The Kier molecular flexibility index (Phi) is 3.35. The van der Waals surface area contributed by atoms with Crippen LogP contribution in [0.3, 0.4) is 0 Å². The summed E-state index contributed by atoms with van der Waals surface area (Å²) >= 11 is 0. The lowest BCUT2D eigenvalue weighted by atomic mass is 10.1. The van der Waals surface area contributed by atoms with Crippen LogP contribution in [0.25, 0.3) is 0 Å². The van der Waals surface area contributed by atoms with Crippen LogP contribution in [0.4, 0.5) is 0 Å². The van der Waals surface area contributed by atoms with Gasteiger partial charge in [-0.2, -0.15) is 0 Å². The van der Waals surface area contributed by atoms with Gasteiger partial charge in [0.1, 0.15) is 6.10 Å². The van der Waals surface area contributed by atoms with Crippen LogP contribution in [0.2, 0.25) is 0 Å². The largest absolute Gasteiger partial charge is 0.494 e. The first-order valence-corrected chi connectivity index (χ1v) is 4.37. The lowest BCUT2D eigenvalue weighted by molar-refractivity contribution is 0.160. The van der Waals surface area contributed by atoms with Crippen LogP contribution in [0.1, 0.15) is 26.7 Å². The maximum atomic E-state index is 9.21. The first kappa shape index (κ1) is 9.33. The van der Waals surface area contributed by atoms with Crippen molar-refractivity contribution in [2.45, 2.75) is 38.9 Å². The predicted octanol–water partition coefficient (Wildman–Crippen LogP) is 2.01. The number of hydrogen-bond acceptors (Lipinski definition) is 2. The summed E-state index contributed by atoms with van der Waals surface area (Å²) in [7, 11) is 0. The summed E-state index contributed by atoms with van der Waals surface area (Å²) in [4.78, 5) is 0. The first-order chi connectivity index (χ1) is 5.70. The molecule has 0 saturated carbocycles. The van der Waals surface area contributed by atoms with E-state index in [2.05, 4.69) is 0 Å². The van der Waals surface area contributed by atoms with Gasteiger partial charge in [-0.3, -0.25) is 0 Å². The third kappa shape index (κ3) is 2.70. The lowest BCUT2D eigenvalue weighted by Crippen LogP contribution is -2.12. The van der Waals surface area contributed by atoms with Gasteiger partial charge < -0.3 is 9.84 Å². The fraction of sp³-hybridized carbons (Fsp3) is 0.600. The van der Waals surface area contributed by atoms with Crippen molar-refractivity contribution in [2.24, 2.45) is 0 Å². The molecule has 0 fully saturated rings. The number of rotatable bonds is 2. The Hall–Kier alpha value is -0.760. The summed E-state index contributed by atoms with van der Waals surface area (Å²) < 4.78 is 5.33. The van der Waals surface area contributed by atoms with Crippen molar-refractivity contribution in [1.29, 1.82) is 0 Å². The molecule has 0 spiro atoms. The minimum atomic E-state index is -0.362. The molecule has 1 aliphatic rings. The first-order valence-electron chi connectivity index (χ1n) is 4.37. The summed E-state index contributed by atoms with van der Waals surface area (Å²) in [6.07, 6.45) is 7.62. The van der Waals surface area contributed by atoms with E-state index in [1.54, 1.807) is 13.2 Å². The Bertz CT molecular complexity index is 192. The zero-order chi connectivity index (χ0) is 8.97. The molecule has 12 heavy (non-hydrogen) atoms. The zero-order valence-corrected chi connectivity index (χ0v) is 7.66. The van der Waals surface area contributed by atoms with Crippen molar-refractivity contribution in [3.05, 3.63) is 24.0 Å². The number of ether oxygens (including phenoxy) is 1. The second-order valence-electron chi connectivity index (χ2n) is 3.21. The highest BCUT2D eigenvalue weighted by atomic mass is 16.5. The monoisotopic (exact) mass is 168 g/mol. The van der Waals surface area contributed by atoms with Gasteiger partial charge in [-0.25, -0.2) is 0 Å². The molecule has 0 aromatic rings. The maximum absolute atomic E-state index is 9.21. The van der Waals surface area contributed by atoms with Crippen molar-refractivity contribution in [3.63, 3.8) is 0 Å². The van der Waals surface area contributed by atoms with E-state index in [4.69, 9.17) is 4.74 Å². The van der Waals surface area contributed by atoms with Crippen LogP contribution in [0.15, 0.2) is 24.0 Å². The van der Waals surface area contributed by atoms with Crippen LogP contribution >= 0.6 is 0 Å². The quantitative estimate of drug-likeness (QED) is 0.639. The van der Waals surface area contributed by atoms with Gasteiger partial charge in [0.2, 0.25) is 0 Å². The normalized spacial score (nSPS) is 26.6. The molecule has 0 amide bonds. The van der Waals surface area contributed by atoms with Crippen molar-refractivity contribution in [2.75, 3.05) is 0 Å². The Balaban J connectivity index is 2.48. The number of allylic oxidation sites excluding steroid dienone is 1. The topological polar surface area (TPSA) is 29.5 Å². The molecule has 1 heterocycles. The lowest BCUT2D eigenvalue weighted by Gasteiger charge is -2.17. The predicted molar refractivity (Wildman–Crippen MR) is 48.7 cm³/mol. The van der Waals surface area contributed by atoms with E-state index in [1.807, 2.05) is 19.1 Å². The highest BCUT2D eigenvalue weighted by Gasteiger charge is 2.09. The van der Waals surface area contributed by atoms with Gasteiger partial charge in [0.15, 0.2) is 0 Å². The molecule has 0 aliphatic carbocycles. The van der Waals surface area contributed by atoms with E-state index in [1.165, 1.54) is 0 Å². The van der Waals surface area contributed by atoms with Gasteiger partial charge in [0.05, 0.1) is 12.4 Å². The van der Waals surface area contributed by atoms with Crippen LogP contribution in [0, 0.1) is 0 Å². The van der Waals surface area contributed by atoms with E-state index in [0.717, 1.165) is 18.4 Å². The highest BCUT2D eigenvalue weighted by Crippen LogP contribution is 2.14. The highest BCUT2D eigenvalue weighted by molar-refractivity contribution is 5.07. The zero-order valence-electron chi connectivity index (χ0n) is 7.66. The summed E-state index contributed by atoms with van der Waals surface area (Å²) in [5.41, 5.74) is 0.982. The van der Waals surface area contributed by atoms with Crippen LogP contribution in [-0.2, 0) is 4.74 Å². The molecular weight excluding hydrogens is 152 g/mol. The average molecular weight is 168 g/mol. The number of aliphatic hydroxyl groups is 1. The minimum Gasteiger partial charge on any atom is -0.494 e. The van der Waals surface area contributed by atoms with E-state index in [0.29, 0.717) is 0 Å². The molecule has 0 saturated heterocycles. The Morgan fingerprint density at radius 1 is 1.75 bits per heavy atom. The summed E-state index contributed by atoms with van der Waals surface area (Å²) in [6.45, 7) is 3.69. The molecule has 2 heteroatoms. The van der Waals surface area contributed by atoms with E-state index in [-0.39, 0.29) is 12.2 Å². The second kappa shape index (κ2) is 4.31. The van der Waals surface area contributed by atoms with Gasteiger partial charge in [-0.05, 0) is 44.4 Å². The maximum Gasteiger partial charge on any atom is 0.117 e. The van der Waals surface area contributed by atoms with E-state index >= 15 is 0 Å². The van der Waals surface area contributed by atoms with Crippen molar-refractivity contribution in [1.82, 2.24) is 0 Å². The third-order valence-corrected chi connectivity index (χ3v) is 2.08.